The first-order valence-electron chi connectivity index (χ1n) is 5.78. The summed E-state index contributed by atoms with van der Waals surface area (Å²) in [5.41, 5.74) is 0.578. The molecule has 6 heteroatoms. The molecule has 1 aromatic rings. The fourth-order valence-electron chi connectivity index (χ4n) is 1.58. The first-order chi connectivity index (χ1) is 9.01. The molecule has 5 nitrogen and oxygen atoms in total. The Hall–Kier alpha value is -1.40. The van der Waals surface area contributed by atoms with Gasteiger partial charge >= 0.3 is 5.97 Å². The summed E-state index contributed by atoms with van der Waals surface area (Å²) in [6, 6.07) is 4.30. The quantitative estimate of drug-likeness (QED) is 0.591. The number of ketones is 1. The van der Waals surface area contributed by atoms with Crippen molar-refractivity contribution < 1.29 is 24.5 Å². The molecule has 0 aliphatic carbocycles. The normalized spacial score (nSPS) is 11.9. The van der Waals surface area contributed by atoms with Gasteiger partial charge in [-0.15, -0.1) is 0 Å². The van der Waals surface area contributed by atoms with E-state index in [0.717, 1.165) is 0 Å². The molecule has 1 unspecified atom stereocenters. The molecule has 0 saturated carbocycles. The summed E-state index contributed by atoms with van der Waals surface area (Å²) in [6.07, 6.45) is -1.31. The van der Waals surface area contributed by atoms with Gasteiger partial charge in [0.05, 0.1) is 12.2 Å². The number of carboxylic acid groups (broad SMARTS) is 1. The van der Waals surface area contributed by atoms with Crippen LogP contribution in [-0.2, 0) is 4.79 Å². The van der Waals surface area contributed by atoms with Gasteiger partial charge in [0.15, 0.2) is 11.9 Å². The molecule has 0 amide bonds. The van der Waals surface area contributed by atoms with E-state index >= 15 is 0 Å². The van der Waals surface area contributed by atoms with Gasteiger partial charge in [0.25, 0.3) is 0 Å². The van der Waals surface area contributed by atoms with Crippen molar-refractivity contribution in [3.63, 3.8) is 0 Å². The van der Waals surface area contributed by atoms with Crippen LogP contribution in [0.1, 0.15) is 35.4 Å². The molecule has 2 N–H and O–H groups in total. The van der Waals surface area contributed by atoms with Crippen molar-refractivity contribution in [3.8, 4) is 5.75 Å². The minimum absolute atomic E-state index is 0.100. The minimum atomic E-state index is -1.63. The zero-order valence-corrected chi connectivity index (χ0v) is 12.0. The molecule has 1 rings (SSSR count). The van der Waals surface area contributed by atoms with E-state index in [2.05, 4.69) is 15.9 Å². The maximum Gasteiger partial charge on any atom is 0.337 e. The molecular formula is C13H15BrO5. The lowest BCUT2D eigenvalue weighted by atomic mass is 10.0. The molecule has 0 bridgehead atoms. The lowest BCUT2D eigenvalue weighted by molar-refractivity contribution is -0.146. The molecule has 0 aliphatic heterocycles. The van der Waals surface area contributed by atoms with Gasteiger partial charge < -0.3 is 14.9 Å². The fourth-order valence-corrected chi connectivity index (χ4v) is 1.94. The average molecular weight is 331 g/mol. The second-order valence-electron chi connectivity index (χ2n) is 3.79. The number of carbonyl (C=O) groups is 2. The number of hydrogen-bond acceptors (Lipinski definition) is 4. The summed E-state index contributed by atoms with van der Waals surface area (Å²) in [7, 11) is 0. The van der Waals surface area contributed by atoms with E-state index in [0.29, 0.717) is 29.7 Å². The lowest BCUT2D eigenvalue weighted by Gasteiger charge is -2.12. The molecule has 0 aromatic heterocycles. The molecule has 0 fully saturated rings. The Bertz CT molecular complexity index is 472. The Labute approximate surface area is 119 Å². The number of aliphatic hydroxyl groups is 1. The molecule has 104 valence electrons. The Morgan fingerprint density at radius 3 is 2.63 bits per heavy atom. The van der Waals surface area contributed by atoms with Crippen molar-refractivity contribution in [2.75, 3.05) is 11.9 Å². The van der Waals surface area contributed by atoms with Gasteiger partial charge in [-0.25, -0.2) is 4.79 Å². The number of aliphatic carboxylic acids is 1. The van der Waals surface area contributed by atoms with Crippen LogP contribution in [0.2, 0.25) is 0 Å². The summed E-state index contributed by atoms with van der Waals surface area (Å²) >= 11 is 3.19. The van der Waals surface area contributed by atoms with Gasteiger partial charge in [0.2, 0.25) is 0 Å². The topological polar surface area (TPSA) is 83.8 Å². The van der Waals surface area contributed by atoms with Gasteiger partial charge in [-0.1, -0.05) is 22.0 Å². The van der Waals surface area contributed by atoms with Crippen LogP contribution < -0.4 is 4.74 Å². The van der Waals surface area contributed by atoms with E-state index in [-0.39, 0.29) is 11.3 Å². The van der Waals surface area contributed by atoms with E-state index in [4.69, 9.17) is 9.84 Å². The highest BCUT2D eigenvalue weighted by molar-refractivity contribution is 9.09. The third kappa shape index (κ3) is 4.04. The van der Waals surface area contributed by atoms with Gasteiger partial charge in [-0.3, -0.25) is 4.79 Å². The summed E-state index contributed by atoms with van der Waals surface area (Å²) in [6.45, 7) is 2.11. The smallest absolute Gasteiger partial charge is 0.337 e. The van der Waals surface area contributed by atoms with Crippen molar-refractivity contribution in [2.24, 2.45) is 0 Å². The predicted molar refractivity (Wildman–Crippen MR) is 72.9 cm³/mol. The SMILES string of the molecule is CCOc1cc(C(O)C(=O)O)ccc1C(=O)CCBr. The van der Waals surface area contributed by atoms with Crippen LogP contribution in [0.15, 0.2) is 18.2 Å². The van der Waals surface area contributed by atoms with E-state index in [1.807, 2.05) is 0 Å². The Morgan fingerprint density at radius 1 is 1.42 bits per heavy atom. The molecule has 0 spiro atoms. The second kappa shape index (κ2) is 7.25. The Morgan fingerprint density at radius 2 is 2.11 bits per heavy atom. The van der Waals surface area contributed by atoms with Crippen molar-refractivity contribution in [1.82, 2.24) is 0 Å². The predicted octanol–water partition coefficient (Wildman–Crippen LogP) is 2.17. The molecule has 0 aliphatic rings. The molecule has 0 saturated heterocycles. The summed E-state index contributed by atoms with van der Waals surface area (Å²) in [5, 5.41) is 18.8. The van der Waals surface area contributed by atoms with Crippen LogP contribution >= 0.6 is 15.9 Å². The zero-order chi connectivity index (χ0) is 14.4. The van der Waals surface area contributed by atoms with Gasteiger partial charge in [-0.2, -0.15) is 0 Å². The van der Waals surface area contributed by atoms with Crippen molar-refractivity contribution in [2.45, 2.75) is 19.4 Å². The Kier molecular flexibility index (Phi) is 5.98. The lowest BCUT2D eigenvalue weighted by Crippen LogP contribution is -2.12. The van der Waals surface area contributed by atoms with Crippen LogP contribution in [-0.4, -0.2) is 33.9 Å². The number of hydrogen-bond donors (Lipinski definition) is 2. The number of carbonyl (C=O) groups excluding carboxylic acids is 1. The number of Topliss-reactive ketones (excluding diaryl/α,β-unsaturated/α-hetero) is 1. The molecule has 0 heterocycles. The average Bonchev–Trinajstić information content (AvgIpc) is 2.38. The van der Waals surface area contributed by atoms with E-state index in [1.54, 1.807) is 6.92 Å². The van der Waals surface area contributed by atoms with Crippen LogP contribution in [0.4, 0.5) is 0 Å². The van der Waals surface area contributed by atoms with Crippen molar-refractivity contribution in [3.05, 3.63) is 29.3 Å². The maximum atomic E-state index is 11.9. The van der Waals surface area contributed by atoms with E-state index in [1.165, 1.54) is 18.2 Å². The number of ether oxygens (including phenoxy) is 1. The first-order valence-corrected chi connectivity index (χ1v) is 6.90. The number of benzene rings is 1. The highest BCUT2D eigenvalue weighted by atomic mass is 79.9. The second-order valence-corrected chi connectivity index (χ2v) is 4.58. The number of carboxylic acids is 1. The van der Waals surface area contributed by atoms with Crippen LogP contribution in [0, 0.1) is 0 Å². The molecular weight excluding hydrogens is 316 g/mol. The summed E-state index contributed by atoms with van der Waals surface area (Å²) in [4.78, 5) is 22.6. The van der Waals surface area contributed by atoms with Crippen molar-refractivity contribution >= 4 is 27.7 Å². The Balaban J connectivity index is 3.14. The zero-order valence-electron chi connectivity index (χ0n) is 10.4. The summed E-state index contributed by atoms with van der Waals surface area (Å²) in [5.74, 6) is -1.15. The van der Waals surface area contributed by atoms with Gasteiger partial charge in [0, 0.05) is 11.8 Å². The third-order valence-electron chi connectivity index (χ3n) is 2.48. The first kappa shape index (κ1) is 15.7. The highest BCUT2D eigenvalue weighted by Crippen LogP contribution is 2.26. The van der Waals surface area contributed by atoms with Crippen LogP contribution in [0.3, 0.4) is 0 Å². The number of rotatable bonds is 7. The number of alkyl halides is 1. The van der Waals surface area contributed by atoms with E-state index in [9.17, 15) is 14.7 Å². The van der Waals surface area contributed by atoms with Crippen molar-refractivity contribution in [1.29, 1.82) is 0 Å². The molecule has 19 heavy (non-hydrogen) atoms. The molecule has 1 atom stereocenters. The molecule has 1 aromatic carbocycles. The maximum absolute atomic E-state index is 11.9. The third-order valence-corrected chi connectivity index (χ3v) is 2.87. The largest absolute Gasteiger partial charge is 0.493 e. The van der Waals surface area contributed by atoms with E-state index < -0.39 is 12.1 Å². The highest BCUT2D eigenvalue weighted by Gasteiger charge is 2.19. The van der Waals surface area contributed by atoms with Gasteiger partial charge in [-0.05, 0) is 24.6 Å². The number of aliphatic hydroxyl groups excluding tert-OH is 1. The monoisotopic (exact) mass is 330 g/mol. The summed E-state index contributed by atoms with van der Waals surface area (Å²) < 4.78 is 5.33. The van der Waals surface area contributed by atoms with Crippen LogP contribution in [0.25, 0.3) is 0 Å². The fraction of sp³-hybridized carbons (Fsp3) is 0.385. The van der Waals surface area contributed by atoms with Gasteiger partial charge in [0.1, 0.15) is 5.75 Å². The minimum Gasteiger partial charge on any atom is -0.493 e. The standard InChI is InChI=1S/C13H15BrO5/c1-2-19-11-7-8(12(16)13(17)18)3-4-9(11)10(15)5-6-14/h3-4,7,12,16H,2,5-6H2,1H3,(H,17,18). The molecule has 0 radical (unpaired) electrons. The van der Waals surface area contributed by atoms with Crippen LogP contribution in [0.5, 0.6) is 5.75 Å². The number of halogens is 1.